The zero-order valence-electron chi connectivity index (χ0n) is 18.6. The number of rotatable bonds is 5. The van der Waals surface area contributed by atoms with Gasteiger partial charge in [-0.1, -0.05) is 41.9 Å². The predicted molar refractivity (Wildman–Crippen MR) is 130 cm³/mol. The Morgan fingerprint density at radius 2 is 1.84 bits per heavy atom. The SMILES string of the molecule is Cc1cc(C)c(CNC(=O)c2c(C)n(C(C)c3cccc(Cl)c3)c3ccccc23)c(=O)[nH]1. The molecule has 32 heavy (non-hydrogen) atoms. The van der Waals surface area contributed by atoms with Gasteiger partial charge in [0, 0.05) is 39.4 Å². The number of aromatic nitrogens is 2. The third-order valence-corrected chi connectivity index (χ3v) is 6.26. The fourth-order valence-corrected chi connectivity index (χ4v) is 4.65. The molecule has 164 valence electrons. The topological polar surface area (TPSA) is 66.9 Å². The molecule has 2 aromatic heterocycles. The summed E-state index contributed by atoms with van der Waals surface area (Å²) in [5.41, 5.74) is 5.59. The lowest BCUT2D eigenvalue weighted by Crippen LogP contribution is -2.28. The lowest BCUT2D eigenvalue weighted by Gasteiger charge is -2.18. The van der Waals surface area contributed by atoms with Crippen LogP contribution in [0.15, 0.2) is 59.4 Å². The summed E-state index contributed by atoms with van der Waals surface area (Å²) < 4.78 is 2.17. The molecule has 2 heterocycles. The Hall–Kier alpha value is -3.31. The van der Waals surface area contributed by atoms with Gasteiger partial charge in [-0.05, 0) is 63.1 Å². The number of pyridine rings is 1. The Labute approximate surface area is 192 Å². The molecular weight excluding hydrogens is 422 g/mol. The Morgan fingerprint density at radius 1 is 1.09 bits per heavy atom. The lowest BCUT2D eigenvalue weighted by molar-refractivity contribution is 0.0951. The van der Waals surface area contributed by atoms with E-state index in [-0.39, 0.29) is 24.1 Å². The van der Waals surface area contributed by atoms with Crippen LogP contribution in [0.4, 0.5) is 0 Å². The average molecular weight is 448 g/mol. The van der Waals surface area contributed by atoms with Gasteiger partial charge in [-0.25, -0.2) is 0 Å². The first-order valence-electron chi connectivity index (χ1n) is 10.6. The molecule has 0 saturated carbocycles. The van der Waals surface area contributed by atoms with E-state index in [0.717, 1.165) is 33.4 Å². The van der Waals surface area contributed by atoms with Crippen LogP contribution >= 0.6 is 11.6 Å². The van der Waals surface area contributed by atoms with Gasteiger partial charge in [0.15, 0.2) is 0 Å². The molecule has 0 bridgehead atoms. The summed E-state index contributed by atoms with van der Waals surface area (Å²) in [7, 11) is 0. The van der Waals surface area contributed by atoms with Crippen molar-refractivity contribution < 1.29 is 4.79 Å². The number of carbonyl (C=O) groups excluding carboxylic acids is 1. The van der Waals surface area contributed by atoms with Gasteiger partial charge < -0.3 is 14.9 Å². The highest BCUT2D eigenvalue weighted by Crippen LogP contribution is 2.32. The number of nitrogens with one attached hydrogen (secondary N) is 2. The van der Waals surface area contributed by atoms with Crippen LogP contribution in [-0.2, 0) is 6.54 Å². The van der Waals surface area contributed by atoms with E-state index < -0.39 is 0 Å². The maximum absolute atomic E-state index is 13.3. The third-order valence-electron chi connectivity index (χ3n) is 6.02. The first kappa shape index (κ1) is 21.9. The van der Waals surface area contributed by atoms with Gasteiger partial charge >= 0.3 is 0 Å². The summed E-state index contributed by atoms with van der Waals surface area (Å²) >= 11 is 6.22. The highest BCUT2D eigenvalue weighted by molar-refractivity contribution is 6.30. The number of para-hydroxylation sites is 1. The molecule has 1 unspecified atom stereocenters. The summed E-state index contributed by atoms with van der Waals surface area (Å²) in [6.45, 7) is 7.95. The van der Waals surface area contributed by atoms with E-state index in [2.05, 4.69) is 21.8 Å². The fourth-order valence-electron chi connectivity index (χ4n) is 4.45. The summed E-state index contributed by atoms with van der Waals surface area (Å²) in [5.74, 6) is -0.199. The number of aryl methyl sites for hydroxylation is 2. The van der Waals surface area contributed by atoms with Crippen LogP contribution in [-0.4, -0.2) is 15.5 Å². The summed E-state index contributed by atoms with van der Waals surface area (Å²) in [6, 6.07) is 17.6. The molecule has 2 aromatic carbocycles. The van der Waals surface area contributed by atoms with Crippen molar-refractivity contribution in [3.8, 4) is 0 Å². The molecule has 0 radical (unpaired) electrons. The number of hydrogen-bond acceptors (Lipinski definition) is 2. The van der Waals surface area contributed by atoms with E-state index in [4.69, 9.17) is 11.6 Å². The van der Waals surface area contributed by atoms with Gasteiger partial charge in [0.05, 0.1) is 11.6 Å². The smallest absolute Gasteiger partial charge is 0.254 e. The van der Waals surface area contributed by atoms with Crippen LogP contribution in [0.5, 0.6) is 0 Å². The van der Waals surface area contributed by atoms with Crippen LogP contribution in [0.3, 0.4) is 0 Å². The predicted octanol–water partition coefficient (Wildman–Crippen LogP) is 5.45. The Bertz CT molecular complexity index is 1380. The minimum Gasteiger partial charge on any atom is -0.348 e. The molecule has 4 rings (SSSR count). The van der Waals surface area contributed by atoms with E-state index in [1.807, 2.05) is 75.4 Å². The summed E-state index contributed by atoms with van der Waals surface area (Å²) in [5, 5.41) is 4.52. The molecule has 0 aliphatic carbocycles. The van der Waals surface area contributed by atoms with Crippen molar-refractivity contribution in [2.24, 2.45) is 0 Å². The number of H-pyrrole nitrogens is 1. The molecule has 6 heteroatoms. The molecule has 0 fully saturated rings. The highest BCUT2D eigenvalue weighted by Gasteiger charge is 2.23. The molecule has 5 nitrogen and oxygen atoms in total. The Morgan fingerprint density at radius 3 is 2.56 bits per heavy atom. The second-order valence-electron chi connectivity index (χ2n) is 8.20. The molecule has 0 saturated heterocycles. The molecular formula is C26H26ClN3O2. The van der Waals surface area contributed by atoms with E-state index in [0.29, 0.717) is 16.1 Å². The van der Waals surface area contributed by atoms with Crippen LogP contribution in [0.2, 0.25) is 5.02 Å². The first-order valence-corrected chi connectivity index (χ1v) is 11.0. The number of aromatic amines is 1. The lowest BCUT2D eigenvalue weighted by atomic mass is 10.1. The molecule has 4 aromatic rings. The average Bonchev–Trinajstić information content (AvgIpc) is 3.04. The largest absolute Gasteiger partial charge is 0.348 e. The number of hydrogen-bond donors (Lipinski definition) is 2. The maximum atomic E-state index is 13.3. The molecule has 0 aliphatic heterocycles. The van der Waals surface area contributed by atoms with Crippen LogP contribution < -0.4 is 10.9 Å². The van der Waals surface area contributed by atoms with Crippen molar-refractivity contribution >= 4 is 28.4 Å². The van der Waals surface area contributed by atoms with E-state index in [1.54, 1.807) is 0 Å². The maximum Gasteiger partial charge on any atom is 0.254 e. The zero-order chi connectivity index (χ0) is 23.0. The third kappa shape index (κ3) is 3.96. The quantitative estimate of drug-likeness (QED) is 0.427. The van der Waals surface area contributed by atoms with Gasteiger partial charge in [-0.2, -0.15) is 0 Å². The van der Waals surface area contributed by atoms with Gasteiger partial charge in [0.1, 0.15) is 0 Å². The van der Waals surface area contributed by atoms with Crippen molar-refractivity contribution in [3.63, 3.8) is 0 Å². The number of amides is 1. The van der Waals surface area contributed by atoms with E-state index in [9.17, 15) is 9.59 Å². The molecule has 0 aliphatic rings. The second-order valence-corrected chi connectivity index (χ2v) is 8.64. The van der Waals surface area contributed by atoms with Gasteiger partial charge in [0.25, 0.3) is 11.5 Å². The monoisotopic (exact) mass is 447 g/mol. The molecule has 2 N–H and O–H groups in total. The van der Waals surface area contributed by atoms with Crippen molar-refractivity contribution in [1.82, 2.24) is 14.9 Å². The zero-order valence-corrected chi connectivity index (χ0v) is 19.4. The van der Waals surface area contributed by atoms with E-state index >= 15 is 0 Å². The van der Waals surface area contributed by atoms with E-state index in [1.165, 1.54) is 0 Å². The minimum absolute atomic E-state index is 0.0117. The first-order chi connectivity index (χ1) is 15.3. The van der Waals surface area contributed by atoms with Crippen molar-refractivity contribution in [2.45, 2.75) is 40.3 Å². The van der Waals surface area contributed by atoms with Crippen LogP contribution in [0.25, 0.3) is 10.9 Å². The van der Waals surface area contributed by atoms with Crippen molar-refractivity contribution in [2.75, 3.05) is 0 Å². The van der Waals surface area contributed by atoms with Crippen LogP contribution in [0, 0.1) is 20.8 Å². The highest BCUT2D eigenvalue weighted by atomic mass is 35.5. The second kappa shape index (κ2) is 8.67. The number of nitrogens with zero attached hydrogens (tertiary/aromatic N) is 1. The minimum atomic E-state index is -0.199. The molecule has 1 amide bonds. The summed E-state index contributed by atoms with van der Waals surface area (Å²) in [4.78, 5) is 28.5. The van der Waals surface area contributed by atoms with Gasteiger partial charge in [-0.3, -0.25) is 9.59 Å². The number of halogens is 1. The normalized spacial score (nSPS) is 12.2. The van der Waals surface area contributed by atoms with Gasteiger partial charge in [0.2, 0.25) is 0 Å². The van der Waals surface area contributed by atoms with Gasteiger partial charge in [-0.15, -0.1) is 0 Å². The molecule has 1 atom stereocenters. The van der Waals surface area contributed by atoms with Crippen LogP contribution in [0.1, 0.15) is 51.4 Å². The van der Waals surface area contributed by atoms with Crippen molar-refractivity contribution in [3.05, 3.63) is 104 Å². The number of benzene rings is 2. The van der Waals surface area contributed by atoms with Crippen molar-refractivity contribution in [1.29, 1.82) is 0 Å². The standard InChI is InChI=1S/C26H26ClN3O2/c1-15-12-16(2)29-25(31)22(15)14-28-26(32)24-18(4)30(23-11-6-5-10-21(23)24)17(3)19-8-7-9-20(27)13-19/h5-13,17H,14H2,1-4H3,(H,28,32)(H,29,31). The Kier molecular flexibility index (Phi) is 5.94. The number of carbonyl (C=O) groups is 1. The number of fused-ring (bicyclic) bond motifs is 1. The Balaban J connectivity index is 1.73. The summed E-state index contributed by atoms with van der Waals surface area (Å²) in [6.07, 6.45) is 0. The molecule has 0 spiro atoms. The fraction of sp³-hybridized carbons (Fsp3) is 0.231.